The van der Waals surface area contributed by atoms with Crippen molar-refractivity contribution in [2.75, 3.05) is 31.1 Å². The van der Waals surface area contributed by atoms with Crippen LogP contribution < -0.4 is 10.2 Å². The molecule has 5 atom stereocenters. The average molecular weight is 470 g/mol. The van der Waals surface area contributed by atoms with Crippen molar-refractivity contribution >= 4 is 23.3 Å². The minimum absolute atomic E-state index is 0.119. The minimum Gasteiger partial charge on any atom is -0.387 e. The second kappa shape index (κ2) is 9.20. The number of hydrogen-bond acceptors (Lipinski definition) is 6. The van der Waals surface area contributed by atoms with E-state index >= 15 is 0 Å². The van der Waals surface area contributed by atoms with Gasteiger partial charge in [0.2, 0.25) is 5.91 Å². The van der Waals surface area contributed by atoms with Gasteiger partial charge in [-0.15, -0.1) is 0 Å². The molecule has 2 saturated heterocycles. The molecule has 0 spiro atoms. The van der Waals surface area contributed by atoms with Crippen LogP contribution in [-0.2, 0) is 4.79 Å². The molecule has 5 rings (SSSR count). The van der Waals surface area contributed by atoms with Gasteiger partial charge in [-0.05, 0) is 56.3 Å². The number of carbonyl (C=O) groups is 1. The molecule has 176 valence electrons. The largest absolute Gasteiger partial charge is 0.387 e. The molecule has 7 nitrogen and oxygen atoms in total. The van der Waals surface area contributed by atoms with Crippen LogP contribution in [0.15, 0.2) is 30.6 Å². The van der Waals surface area contributed by atoms with Crippen LogP contribution in [0.2, 0.25) is 5.02 Å². The van der Waals surface area contributed by atoms with Crippen LogP contribution in [-0.4, -0.2) is 64.1 Å². The third-order valence-corrected chi connectivity index (χ3v) is 7.74. The Kier molecular flexibility index (Phi) is 6.29. The molecular formula is C25H32ClN5O2. The minimum atomic E-state index is -0.519. The van der Waals surface area contributed by atoms with Gasteiger partial charge in [0.05, 0.1) is 17.7 Å². The summed E-state index contributed by atoms with van der Waals surface area (Å²) in [5.41, 5.74) is 2.84. The van der Waals surface area contributed by atoms with Gasteiger partial charge in [-0.1, -0.05) is 30.7 Å². The predicted octanol–water partition coefficient (Wildman–Crippen LogP) is 3.24. The summed E-state index contributed by atoms with van der Waals surface area (Å²) in [4.78, 5) is 27.1. The number of nitrogens with zero attached hydrogens (tertiary/aromatic N) is 4. The van der Waals surface area contributed by atoms with Crippen molar-refractivity contribution in [3.8, 4) is 0 Å². The number of hydrogen-bond donors (Lipinski definition) is 2. The number of benzene rings is 1. The fourth-order valence-corrected chi connectivity index (χ4v) is 5.94. The zero-order valence-electron chi connectivity index (χ0n) is 19.2. The highest BCUT2D eigenvalue weighted by atomic mass is 35.5. The van der Waals surface area contributed by atoms with Gasteiger partial charge in [0.1, 0.15) is 12.1 Å². The number of nitrogens with one attached hydrogen (secondary N) is 1. The number of fused-ring (bicyclic) bond motifs is 1. The Balaban J connectivity index is 1.36. The van der Waals surface area contributed by atoms with E-state index in [0.29, 0.717) is 31.1 Å². The van der Waals surface area contributed by atoms with E-state index in [9.17, 15) is 9.90 Å². The van der Waals surface area contributed by atoms with E-state index in [0.717, 1.165) is 42.0 Å². The lowest BCUT2D eigenvalue weighted by Gasteiger charge is -2.43. The highest BCUT2D eigenvalue weighted by Crippen LogP contribution is 2.43. The first kappa shape index (κ1) is 22.6. The van der Waals surface area contributed by atoms with Gasteiger partial charge < -0.3 is 20.2 Å². The summed E-state index contributed by atoms with van der Waals surface area (Å²) < 4.78 is 0. The molecule has 1 aromatic heterocycles. The zero-order valence-corrected chi connectivity index (χ0v) is 20.0. The van der Waals surface area contributed by atoms with E-state index in [2.05, 4.69) is 34.0 Å². The Morgan fingerprint density at radius 3 is 2.70 bits per heavy atom. The molecule has 3 unspecified atom stereocenters. The van der Waals surface area contributed by atoms with Gasteiger partial charge in [0, 0.05) is 42.3 Å². The lowest BCUT2D eigenvalue weighted by molar-refractivity contribution is -0.134. The summed E-state index contributed by atoms with van der Waals surface area (Å²) in [7, 11) is 0. The number of aromatic nitrogens is 2. The molecule has 1 aromatic carbocycles. The van der Waals surface area contributed by atoms with Crippen molar-refractivity contribution in [2.45, 2.75) is 63.1 Å². The highest BCUT2D eigenvalue weighted by molar-refractivity contribution is 6.30. The molecule has 0 radical (unpaired) electrons. The van der Waals surface area contributed by atoms with Crippen LogP contribution in [0.25, 0.3) is 0 Å². The summed E-state index contributed by atoms with van der Waals surface area (Å²) in [5.74, 6) is 1.11. The maximum atomic E-state index is 13.8. The van der Waals surface area contributed by atoms with E-state index in [4.69, 9.17) is 11.6 Å². The topological polar surface area (TPSA) is 81.6 Å². The van der Waals surface area contributed by atoms with Gasteiger partial charge in [0.25, 0.3) is 0 Å². The smallest absolute Gasteiger partial charge is 0.231 e. The molecule has 2 aliphatic heterocycles. The van der Waals surface area contributed by atoms with Gasteiger partial charge in [-0.2, -0.15) is 0 Å². The molecule has 3 aliphatic rings. The third-order valence-electron chi connectivity index (χ3n) is 7.49. The van der Waals surface area contributed by atoms with E-state index in [1.54, 1.807) is 6.33 Å². The van der Waals surface area contributed by atoms with Crippen LogP contribution in [0.1, 0.15) is 67.9 Å². The lowest BCUT2D eigenvalue weighted by Crippen LogP contribution is -2.56. The van der Waals surface area contributed by atoms with E-state index in [1.165, 1.54) is 0 Å². The fourth-order valence-electron chi connectivity index (χ4n) is 5.81. The normalized spacial score (nSPS) is 28.1. The van der Waals surface area contributed by atoms with Crippen molar-refractivity contribution in [3.63, 3.8) is 0 Å². The Hall–Kier alpha value is -2.22. The Morgan fingerprint density at radius 2 is 2.00 bits per heavy atom. The standard InChI is InChI=1S/C25H32ClN5O2/c1-15-12-20(32)23-21(15)24(29-14-28-23)31-11-10-30(13-16(31)2)25(33)22(19-4-3-9-27-19)17-5-7-18(26)8-6-17/h5-8,14-16,19-20,22,27,32H,3-4,9-13H2,1-2H3/t15-,16?,19?,20-,22?/m1/s1. The van der Waals surface area contributed by atoms with E-state index in [1.807, 2.05) is 29.2 Å². The van der Waals surface area contributed by atoms with Gasteiger partial charge >= 0.3 is 0 Å². The second-order valence-corrected chi connectivity index (χ2v) is 10.1. The number of rotatable bonds is 4. The summed E-state index contributed by atoms with van der Waals surface area (Å²) in [6.45, 7) is 7.23. The Labute approximate surface area is 200 Å². The van der Waals surface area contributed by atoms with Crippen molar-refractivity contribution in [2.24, 2.45) is 0 Å². The molecule has 0 bridgehead atoms. The maximum absolute atomic E-state index is 13.8. The second-order valence-electron chi connectivity index (χ2n) is 9.71. The molecule has 0 saturated carbocycles. The van der Waals surface area contributed by atoms with Crippen molar-refractivity contribution in [1.82, 2.24) is 20.2 Å². The summed E-state index contributed by atoms with van der Waals surface area (Å²) >= 11 is 6.11. The zero-order chi connectivity index (χ0) is 23.1. The number of anilines is 1. The predicted molar refractivity (Wildman–Crippen MR) is 129 cm³/mol. The Morgan fingerprint density at radius 1 is 1.21 bits per heavy atom. The molecule has 2 N–H and O–H groups in total. The van der Waals surface area contributed by atoms with Crippen LogP contribution >= 0.6 is 11.6 Å². The van der Waals surface area contributed by atoms with Crippen LogP contribution in [0.3, 0.4) is 0 Å². The van der Waals surface area contributed by atoms with Crippen LogP contribution in [0, 0.1) is 0 Å². The number of carbonyl (C=O) groups excluding carboxylic acids is 1. The molecule has 1 amide bonds. The number of halogens is 1. The van der Waals surface area contributed by atoms with E-state index in [-0.39, 0.29) is 29.8 Å². The molecule has 33 heavy (non-hydrogen) atoms. The molecule has 3 heterocycles. The monoisotopic (exact) mass is 469 g/mol. The molecular weight excluding hydrogens is 438 g/mol. The lowest BCUT2D eigenvalue weighted by atomic mass is 9.88. The SMILES string of the molecule is CC1CN(C(=O)C(c2ccc(Cl)cc2)C2CCCN2)CCN1c1ncnc2c1[C@H](C)C[C@H]2O. The Bertz CT molecular complexity index is 1010. The van der Waals surface area contributed by atoms with E-state index < -0.39 is 6.10 Å². The quantitative estimate of drug-likeness (QED) is 0.715. The number of amides is 1. The van der Waals surface area contributed by atoms with Gasteiger partial charge in [0.15, 0.2) is 0 Å². The van der Waals surface area contributed by atoms with Crippen LogP contribution in [0.4, 0.5) is 5.82 Å². The molecule has 2 fully saturated rings. The molecule has 2 aromatic rings. The summed E-state index contributed by atoms with van der Waals surface area (Å²) in [6.07, 6.45) is 3.82. The van der Waals surface area contributed by atoms with Crippen LogP contribution in [0.5, 0.6) is 0 Å². The van der Waals surface area contributed by atoms with Crippen molar-refractivity contribution < 1.29 is 9.90 Å². The molecule has 8 heteroatoms. The summed E-state index contributed by atoms with van der Waals surface area (Å²) in [5, 5.41) is 14.6. The average Bonchev–Trinajstić information content (AvgIpc) is 3.43. The maximum Gasteiger partial charge on any atom is 0.231 e. The number of aliphatic hydroxyl groups excluding tert-OH is 1. The highest BCUT2D eigenvalue weighted by Gasteiger charge is 2.39. The van der Waals surface area contributed by atoms with Gasteiger partial charge in [-0.25, -0.2) is 9.97 Å². The number of aliphatic hydroxyl groups is 1. The first-order chi connectivity index (χ1) is 15.9. The first-order valence-electron chi connectivity index (χ1n) is 12.0. The number of piperazine rings is 1. The van der Waals surface area contributed by atoms with Crippen molar-refractivity contribution in [3.05, 3.63) is 52.4 Å². The van der Waals surface area contributed by atoms with Crippen molar-refractivity contribution in [1.29, 1.82) is 0 Å². The summed E-state index contributed by atoms with van der Waals surface area (Å²) in [6, 6.07) is 7.99. The first-order valence-corrected chi connectivity index (χ1v) is 12.4. The van der Waals surface area contributed by atoms with Gasteiger partial charge in [-0.3, -0.25) is 4.79 Å². The fraction of sp³-hybridized carbons (Fsp3) is 0.560. The third kappa shape index (κ3) is 4.22. The molecule has 1 aliphatic carbocycles.